The van der Waals surface area contributed by atoms with E-state index in [1.807, 2.05) is 24.3 Å². The number of benzene rings is 2. The number of hydrogen-bond donors (Lipinski definition) is 2. The Morgan fingerprint density at radius 1 is 1.06 bits per heavy atom. The number of amides is 1. The minimum Gasteiger partial charge on any atom is -0.369 e. The molecule has 0 bridgehead atoms. The first-order chi connectivity index (χ1) is 15.3. The number of nitrogens with one attached hydrogen (secondary N) is 2. The molecule has 0 atom stereocenters. The molecule has 2 aromatic carbocycles. The number of rotatable bonds is 9. The van der Waals surface area contributed by atoms with Crippen LogP contribution in [0.3, 0.4) is 0 Å². The molecular weight excluding hydrogens is 448 g/mol. The topological polar surface area (TPSA) is 81.7 Å². The lowest BCUT2D eigenvalue weighted by molar-refractivity contribution is -0.115. The minimum atomic E-state index is -3.59. The van der Waals surface area contributed by atoms with Gasteiger partial charge < -0.3 is 10.2 Å². The number of aryl methyl sites for hydroxylation is 1. The van der Waals surface area contributed by atoms with E-state index in [1.54, 1.807) is 32.0 Å². The normalized spacial score (nSPS) is 15.0. The first kappa shape index (κ1) is 24.5. The van der Waals surface area contributed by atoms with Crippen LogP contribution in [0.2, 0.25) is 5.02 Å². The minimum absolute atomic E-state index is 0.105. The number of nitrogens with zero attached hydrogens (tertiary/aromatic N) is 2. The van der Waals surface area contributed by atoms with Crippen molar-refractivity contribution in [3.05, 3.63) is 53.1 Å². The summed E-state index contributed by atoms with van der Waals surface area (Å²) in [5.41, 5.74) is 2.38. The van der Waals surface area contributed by atoms with Crippen LogP contribution in [0, 0.1) is 6.92 Å². The lowest BCUT2D eigenvalue weighted by Crippen LogP contribution is -2.47. The number of piperazine rings is 1. The van der Waals surface area contributed by atoms with Crippen LogP contribution < -0.4 is 14.9 Å². The van der Waals surface area contributed by atoms with E-state index in [0.717, 1.165) is 44.2 Å². The smallest absolute Gasteiger partial charge is 0.240 e. The third-order valence-electron chi connectivity index (χ3n) is 5.58. The van der Waals surface area contributed by atoms with Crippen LogP contribution in [-0.4, -0.2) is 58.5 Å². The highest BCUT2D eigenvalue weighted by molar-refractivity contribution is 7.89. The second-order valence-corrected chi connectivity index (χ2v) is 10.1. The van der Waals surface area contributed by atoms with E-state index in [9.17, 15) is 13.2 Å². The van der Waals surface area contributed by atoms with Gasteiger partial charge in [-0.05, 0) is 67.9 Å². The van der Waals surface area contributed by atoms with Gasteiger partial charge in [-0.25, -0.2) is 13.1 Å². The van der Waals surface area contributed by atoms with Gasteiger partial charge in [0.05, 0.1) is 4.90 Å². The summed E-state index contributed by atoms with van der Waals surface area (Å²) in [5, 5.41) is 3.49. The quantitative estimate of drug-likeness (QED) is 0.539. The molecule has 0 aromatic heterocycles. The van der Waals surface area contributed by atoms with E-state index in [-0.39, 0.29) is 10.8 Å². The predicted molar refractivity (Wildman–Crippen MR) is 130 cm³/mol. The van der Waals surface area contributed by atoms with Gasteiger partial charge in [0.2, 0.25) is 15.9 Å². The van der Waals surface area contributed by atoms with Crippen LogP contribution in [0.5, 0.6) is 0 Å². The Hall–Kier alpha value is -2.13. The van der Waals surface area contributed by atoms with Crippen LogP contribution in [0.15, 0.2) is 47.4 Å². The molecule has 0 aliphatic carbocycles. The zero-order valence-corrected chi connectivity index (χ0v) is 20.2. The zero-order chi connectivity index (χ0) is 23.1. The van der Waals surface area contributed by atoms with Crippen LogP contribution in [0.1, 0.15) is 25.3 Å². The van der Waals surface area contributed by atoms with Crippen LogP contribution >= 0.6 is 11.6 Å². The molecular formula is C23H31ClN4O3S. The van der Waals surface area contributed by atoms with Gasteiger partial charge in [-0.2, -0.15) is 0 Å². The molecule has 0 radical (unpaired) electrons. The van der Waals surface area contributed by atoms with Gasteiger partial charge in [-0.15, -0.1) is 0 Å². The molecule has 32 heavy (non-hydrogen) atoms. The monoisotopic (exact) mass is 478 g/mol. The largest absolute Gasteiger partial charge is 0.369 e. The number of sulfonamides is 1. The molecule has 1 amide bonds. The van der Waals surface area contributed by atoms with E-state index in [2.05, 4.69) is 19.8 Å². The molecule has 1 fully saturated rings. The second-order valence-electron chi connectivity index (χ2n) is 7.94. The molecule has 0 unspecified atom stereocenters. The van der Waals surface area contributed by atoms with E-state index >= 15 is 0 Å². The van der Waals surface area contributed by atoms with Crippen molar-refractivity contribution in [2.45, 2.75) is 31.6 Å². The number of halogens is 1. The van der Waals surface area contributed by atoms with Crippen molar-refractivity contribution in [1.82, 2.24) is 9.62 Å². The van der Waals surface area contributed by atoms with Crippen molar-refractivity contribution in [2.75, 3.05) is 49.5 Å². The van der Waals surface area contributed by atoms with Crippen molar-refractivity contribution in [3.63, 3.8) is 0 Å². The Balaban J connectivity index is 1.43. The summed E-state index contributed by atoms with van der Waals surface area (Å²) in [6.45, 7) is 8.49. The predicted octanol–water partition coefficient (Wildman–Crippen LogP) is 3.49. The second kappa shape index (κ2) is 11.1. The number of carbonyl (C=O) groups excluding carboxylic acids is 1. The highest BCUT2D eigenvalue weighted by Gasteiger charge is 2.19. The van der Waals surface area contributed by atoms with Crippen molar-refractivity contribution < 1.29 is 13.2 Å². The fourth-order valence-corrected chi connectivity index (χ4v) is 5.17. The van der Waals surface area contributed by atoms with Gasteiger partial charge in [0.25, 0.3) is 0 Å². The van der Waals surface area contributed by atoms with Gasteiger partial charge in [0, 0.05) is 55.5 Å². The van der Waals surface area contributed by atoms with Crippen molar-refractivity contribution >= 4 is 38.9 Å². The first-order valence-electron chi connectivity index (χ1n) is 10.9. The van der Waals surface area contributed by atoms with Crippen LogP contribution in [0.25, 0.3) is 0 Å². The number of carbonyl (C=O) groups is 1. The summed E-state index contributed by atoms with van der Waals surface area (Å²) < 4.78 is 28.1. The van der Waals surface area contributed by atoms with Gasteiger partial charge >= 0.3 is 0 Å². The van der Waals surface area contributed by atoms with E-state index in [1.165, 1.54) is 5.69 Å². The fourth-order valence-electron chi connectivity index (χ4n) is 3.75. The Morgan fingerprint density at radius 2 is 1.75 bits per heavy atom. The Kier molecular flexibility index (Phi) is 8.53. The van der Waals surface area contributed by atoms with Crippen molar-refractivity contribution in [1.29, 1.82) is 0 Å². The van der Waals surface area contributed by atoms with Crippen molar-refractivity contribution in [3.8, 4) is 0 Å². The summed E-state index contributed by atoms with van der Waals surface area (Å²) >= 11 is 5.96. The van der Waals surface area contributed by atoms with E-state index in [4.69, 9.17) is 11.6 Å². The maximum Gasteiger partial charge on any atom is 0.240 e. The highest BCUT2D eigenvalue weighted by atomic mass is 35.5. The summed E-state index contributed by atoms with van der Waals surface area (Å²) in [6, 6.07) is 12.7. The maximum atomic E-state index is 12.7. The molecule has 7 nitrogen and oxygen atoms in total. The molecule has 0 spiro atoms. The molecule has 1 heterocycles. The van der Waals surface area contributed by atoms with Crippen LogP contribution in [-0.2, 0) is 14.8 Å². The molecule has 3 rings (SSSR count). The third-order valence-corrected chi connectivity index (χ3v) is 7.45. The first-order valence-corrected chi connectivity index (χ1v) is 12.8. The molecule has 2 N–H and O–H groups in total. The Morgan fingerprint density at radius 3 is 2.38 bits per heavy atom. The Labute approximate surface area is 195 Å². The SMILES string of the molecule is CCC(=O)Nc1ccc(S(=O)(=O)NCCCN2CCN(c3ccc(Cl)cc3)CC2)c(C)c1. The van der Waals surface area contributed by atoms with Gasteiger partial charge in [-0.1, -0.05) is 18.5 Å². The number of anilines is 2. The standard InChI is InChI=1S/C23H31ClN4O3S/c1-3-23(29)26-20-7-10-22(18(2)17-20)32(30,31)25-11-4-12-27-13-15-28(16-14-27)21-8-5-19(24)6-9-21/h5-10,17,25H,3-4,11-16H2,1-2H3,(H,26,29). The fraction of sp³-hybridized carbons (Fsp3) is 0.435. The van der Waals surface area contributed by atoms with Crippen LogP contribution in [0.4, 0.5) is 11.4 Å². The highest BCUT2D eigenvalue weighted by Crippen LogP contribution is 2.21. The molecule has 2 aromatic rings. The van der Waals surface area contributed by atoms with Gasteiger partial charge in [0.1, 0.15) is 0 Å². The average Bonchev–Trinajstić information content (AvgIpc) is 2.77. The summed E-state index contributed by atoms with van der Waals surface area (Å²) in [6.07, 6.45) is 1.11. The summed E-state index contributed by atoms with van der Waals surface area (Å²) in [7, 11) is -3.59. The zero-order valence-electron chi connectivity index (χ0n) is 18.6. The Bertz CT molecular complexity index is 1020. The number of hydrogen-bond acceptors (Lipinski definition) is 5. The van der Waals surface area contributed by atoms with Crippen molar-refractivity contribution in [2.24, 2.45) is 0 Å². The maximum absolute atomic E-state index is 12.7. The molecule has 1 aliphatic rings. The van der Waals surface area contributed by atoms with Gasteiger partial charge in [-0.3, -0.25) is 9.69 Å². The molecule has 1 aliphatic heterocycles. The van der Waals surface area contributed by atoms with E-state index < -0.39 is 10.0 Å². The summed E-state index contributed by atoms with van der Waals surface area (Å²) in [5.74, 6) is -0.105. The summed E-state index contributed by atoms with van der Waals surface area (Å²) in [4.78, 5) is 16.5. The lowest BCUT2D eigenvalue weighted by atomic mass is 10.2. The lowest BCUT2D eigenvalue weighted by Gasteiger charge is -2.36. The molecule has 9 heteroatoms. The molecule has 174 valence electrons. The molecule has 0 saturated carbocycles. The van der Waals surface area contributed by atoms with Gasteiger partial charge in [0.15, 0.2) is 0 Å². The molecule has 1 saturated heterocycles. The van der Waals surface area contributed by atoms with E-state index in [0.29, 0.717) is 24.2 Å². The average molecular weight is 479 g/mol. The third kappa shape index (κ3) is 6.68.